The third kappa shape index (κ3) is 6.21. The van der Waals surface area contributed by atoms with E-state index < -0.39 is 0 Å². The van der Waals surface area contributed by atoms with Crippen molar-refractivity contribution in [2.45, 2.75) is 0 Å². The highest BCUT2D eigenvalue weighted by Crippen LogP contribution is 2.26. The molecule has 0 saturated carbocycles. The molecule has 7 heteroatoms. The summed E-state index contributed by atoms with van der Waals surface area (Å²) in [5.74, 6) is 1.21. The van der Waals surface area contributed by atoms with Gasteiger partial charge in [-0.15, -0.1) is 0 Å². The second-order valence-electron chi connectivity index (χ2n) is 5.76. The number of carbonyl (C=O) groups is 1. The number of halogens is 2. The standard InChI is InChI=1S/C21H17Br2N3O2/c22-16-9-10-20(19(23)12-16)24-14-21(27)26-25-13-15-5-4-8-18(11-15)28-17-6-2-1-3-7-17/h1-13,24H,14H2,(H,26,27). The summed E-state index contributed by atoms with van der Waals surface area (Å²) >= 11 is 6.84. The summed E-state index contributed by atoms with van der Waals surface area (Å²) in [6.45, 7) is 0.106. The van der Waals surface area contributed by atoms with E-state index >= 15 is 0 Å². The highest BCUT2D eigenvalue weighted by molar-refractivity contribution is 9.11. The Kier molecular flexibility index (Phi) is 7.22. The summed E-state index contributed by atoms with van der Waals surface area (Å²) in [5, 5.41) is 7.05. The Morgan fingerprint density at radius 1 is 0.964 bits per heavy atom. The van der Waals surface area contributed by atoms with Gasteiger partial charge in [-0.05, 0) is 64.0 Å². The van der Waals surface area contributed by atoms with Gasteiger partial charge in [0.2, 0.25) is 0 Å². The summed E-state index contributed by atoms with van der Waals surface area (Å²) < 4.78 is 7.61. The lowest BCUT2D eigenvalue weighted by Gasteiger charge is -2.08. The predicted octanol–water partition coefficient (Wildman–Crippen LogP) is 5.57. The molecule has 0 bridgehead atoms. The van der Waals surface area contributed by atoms with Crippen LogP contribution in [-0.4, -0.2) is 18.7 Å². The number of nitrogens with zero attached hydrogens (tertiary/aromatic N) is 1. The number of anilines is 1. The van der Waals surface area contributed by atoms with Crippen LogP contribution in [0.15, 0.2) is 86.8 Å². The summed E-state index contributed by atoms with van der Waals surface area (Å²) in [7, 11) is 0. The molecular weight excluding hydrogens is 486 g/mol. The molecule has 0 radical (unpaired) electrons. The van der Waals surface area contributed by atoms with E-state index in [0.29, 0.717) is 5.75 Å². The molecule has 3 aromatic rings. The Morgan fingerprint density at radius 3 is 2.54 bits per heavy atom. The average molecular weight is 503 g/mol. The van der Waals surface area contributed by atoms with Crippen molar-refractivity contribution in [1.82, 2.24) is 5.43 Å². The van der Waals surface area contributed by atoms with Crippen LogP contribution in [0.25, 0.3) is 0 Å². The van der Waals surface area contributed by atoms with Gasteiger partial charge in [0, 0.05) is 14.6 Å². The minimum atomic E-state index is -0.247. The molecule has 0 heterocycles. The molecule has 0 aliphatic heterocycles. The average Bonchev–Trinajstić information content (AvgIpc) is 2.68. The van der Waals surface area contributed by atoms with Gasteiger partial charge in [0.25, 0.3) is 5.91 Å². The van der Waals surface area contributed by atoms with Crippen molar-refractivity contribution in [3.05, 3.63) is 87.3 Å². The van der Waals surface area contributed by atoms with Crippen molar-refractivity contribution in [3.63, 3.8) is 0 Å². The Balaban J connectivity index is 1.51. The maximum Gasteiger partial charge on any atom is 0.259 e. The summed E-state index contributed by atoms with van der Waals surface area (Å²) in [6, 6.07) is 22.7. The quantitative estimate of drug-likeness (QED) is 0.328. The molecule has 3 rings (SSSR count). The molecule has 0 atom stereocenters. The molecule has 1 amide bonds. The fourth-order valence-corrected chi connectivity index (χ4v) is 3.50. The van der Waals surface area contributed by atoms with Crippen LogP contribution in [0.2, 0.25) is 0 Å². The molecule has 28 heavy (non-hydrogen) atoms. The number of ether oxygens (including phenoxy) is 1. The van der Waals surface area contributed by atoms with Gasteiger partial charge < -0.3 is 10.1 Å². The van der Waals surface area contributed by atoms with Crippen molar-refractivity contribution < 1.29 is 9.53 Å². The van der Waals surface area contributed by atoms with Gasteiger partial charge in [0.05, 0.1) is 12.8 Å². The van der Waals surface area contributed by atoms with Crippen LogP contribution in [-0.2, 0) is 4.79 Å². The van der Waals surface area contributed by atoms with Crippen molar-refractivity contribution in [1.29, 1.82) is 0 Å². The molecule has 0 spiro atoms. The number of nitrogens with one attached hydrogen (secondary N) is 2. The van der Waals surface area contributed by atoms with E-state index in [-0.39, 0.29) is 12.5 Å². The largest absolute Gasteiger partial charge is 0.457 e. The number of rotatable bonds is 7. The highest BCUT2D eigenvalue weighted by atomic mass is 79.9. The number of hydrazone groups is 1. The van der Waals surface area contributed by atoms with E-state index in [2.05, 4.69) is 47.7 Å². The SMILES string of the molecule is O=C(CNc1ccc(Br)cc1Br)NN=Cc1cccc(Oc2ccccc2)c1. The molecule has 0 aliphatic rings. The molecule has 0 unspecified atom stereocenters. The van der Waals surface area contributed by atoms with Gasteiger partial charge in [0.1, 0.15) is 11.5 Å². The smallest absolute Gasteiger partial charge is 0.259 e. The summed E-state index contributed by atoms with van der Waals surface area (Å²) in [5.41, 5.74) is 4.15. The fraction of sp³-hybridized carbons (Fsp3) is 0.0476. The minimum Gasteiger partial charge on any atom is -0.457 e. The molecule has 2 N–H and O–H groups in total. The number of carbonyl (C=O) groups excluding carboxylic acids is 1. The molecular formula is C21H17Br2N3O2. The Hall–Kier alpha value is -2.64. The fourth-order valence-electron chi connectivity index (χ4n) is 2.31. The van der Waals surface area contributed by atoms with E-state index in [1.807, 2.05) is 72.8 Å². The first kappa shape index (κ1) is 20.1. The molecule has 0 fully saturated rings. The van der Waals surface area contributed by atoms with Crippen molar-refractivity contribution in [2.75, 3.05) is 11.9 Å². The van der Waals surface area contributed by atoms with Gasteiger partial charge in [-0.2, -0.15) is 5.10 Å². The third-order valence-electron chi connectivity index (χ3n) is 3.61. The predicted molar refractivity (Wildman–Crippen MR) is 119 cm³/mol. The monoisotopic (exact) mass is 501 g/mol. The highest BCUT2D eigenvalue weighted by Gasteiger charge is 2.03. The first-order valence-electron chi connectivity index (χ1n) is 8.44. The zero-order chi connectivity index (χ0) is 19.8. The van der Waals surface area contributed by atoms with E-state index in [9.17, 15) is 4.79 Å². The first-order chi connectivity index (χ1) is 13.6. The van der Waals surface area contributed by atoms with E-state index in [0.717, 1.165) is 25.9 Å². The van der Waals surface area contributed by atoms with E-state index in [1.54, 1.807) is 6.21 Å². The number of amides is 1. The topological polar surface area (TPSA) is 62.7 Å². The van der Waals surface area contributed by atoms with E-state index in [1.165, 1.54) is 0 Å². The minimum absolute atomic E-state index is 0.106. The van der Waals surface area contributed by atoms with Gasteiger partial charge in [-0.1, -0.05) is 46.3 Å². The third-order valence-corrected chi connectivity index (χ3v) is 4.76. The van der Waals surface area contributed by atoms with Crippen molar-refractivity contribution >= 4 is 49.7 Å². The maximum atomic E-state index is 12.0. The van der Waals surface area contributed by atoms with Crippen LogP contribution < -0.4 is 15.5 Å². The number of hydrogen-bond donors (Lipinski definition) is 2. The molecule has 3 aromatic carbocycles. The van der Waals surface area contributed by atoms with Crippen LogP contribution in [0, 0.1) is 0 Å². The molecule has 0 saturated heterocycles. The number of hydrogen-bond acceptors (Lipinski definition) is 4. The van der Waals surface area contributed by atoms with Gasteiger partial charge in [0.15, 0.2) is 0 Å². The van der Waals surface area contributed by atoms with Crippen LogP contribution in [0.5, 0.6) is 11.5 Å². The van der Waals surface area contributed by atoms with Crippen molar-refractivity contribution in [3.8, 4) is 11.5 Å². The van der Waals surface area contributed by atoms with Crippen LogP contribution >= 0.6 is 31.9 Å². The van der Waals surface area contributed by atoms with Crippen LogP contribution in [0.3, 0.4) is 0 Å². The van der Waals surface area contributed by atoms with E-state index in [4.69, 9.17) is 4.74 Å². The summed E-state index contributed by atoms with van der Waals surface area (Å²) in [6.07, 6.45) is 1.57. The lowest BCUT2D eigenvalue weighted by molar-refractivity contribution is -0.119. The Labute approximate surface area is 180 Å². The number of benzene rings is 3. The lowest BCUT2D eigenvalue weighted by Crippen LogP contribution is -2.26. The molecule has 0 aromatic heterocycles. The molecule has 142 valence electrons. The molecule has 5 nitrogen and oxygen atoms in total. The second kappa shape index (κ2) is 10.1. The Morgan fingerprint density at radius 2 is 1.75 bits per heavy atom. The second-order valence-corrected chi connectivity index (χ2v) is 7.53. The summed E-state index contributed by atoms with van der Waals surface area (Å²) in [4.78, 5) is 12.0. The zero-order valence-electron chi connectivity index (χ0n) is 14.7. The molecule has 0 aliphatic carbocycles. The van der Waals surface area contributed by atoms with Gasteiger partial charge >= 0.3 is 0 Å². The zero-order valence-corrected chi connectivity index (χ0v) is 17.9. The lowest BCUT2D eigenvalue weighted by atomic mass is 10.2. The van der Waals surface area contributed by atoms with Crippen LogP contribution in [0.4, 0.5) is 5.69 Å². The van der Waals surface area contributed by atoms with Gasteiger partial charge in [-0.25, -0.2) is 5.43 Å². The number of para-hydroxylation sites is 1. The Bertz CT molecular complexity index is 978. The first-order valence-corrected chi connectivity index (χ1v) is 10.0. The van der Waals surface area contributed by atoms with Crippen LogP contribution in [0.1, 0.15) is 5.56 Å². The maximum absolute atomic E-state index is 12.0. The normalized spacial score (nSPS) is 10.6. The van der Waals surface area contributed by atoms with Gasteiger partial charge in [-0.3, -0.25) is 4.79 Å². The van der Waals surface area contributed by atoms with Crippen molar-refractivity contribution in [2.24, 2.45) is 5.10 Å².